The Labute approximate surface area is 50.3 Å². The van der Waals surface area contributed by atoms with Gasteiger partial charge < -0.3 is 5.11 Å². The van der Waals surface area contributed by atoms with E-state index in [-0.39, 0.29) is 6.92 Å². The molecule has 0 atom stereocenters. The Morgan fingerprint density at radius 2 is 1.44 bits per heavy atom. The van der Waals surface area contributed by atoms with Crippen LogP contribution in [0.5, 0.6) is 0 Å². The molecule has 0 radical (unpaired) electrons. The third-order valence-corrected chi connectivity index (χ3v) is 0. The number of carboxylic acids is 1. The second-order valence-corrected chi connectivity index (χ2v) is 1.30. The Balaban J connectivity index is 0. The maximum atomic E-state index is 10.4. The van der Waals surface area contributed by atoms with Crippen LogP contribution in [0.25, 0.3) is 0 Å². The van der Waals surface area contributed by atoms with Crippen LogP contribution in [0.1, 0.15) is 13.8 Å². The zero-order valence-electron chi connectivity index (χ0n) is 4.99. The molecule has 0 heterocycles. The number of rotatable bonds is 0. The van der Waals surface area contributed by atoms with Crippen molar-refractivity contribution in [3.8, 4) is 0 Å². The van der Waals surface area contributed by atoms with E-state index < -0.39 is 12.1 Å². The van der Waals surface area contributed by atoms with Crippen molar-refractivity contribution in [1.82, 2.24) is 0 Å². The first kappa shape index (κ1) is 11.1. The Hall–Kier alpha value is -0.740. The number of carboxylic acid groups (broad SMARTS) is 1. The molecule has 0 rings (SSSR count). The van der Waals surface area contributed by atoms with Gasteiger partial charge in [-0.3, -0.25) is 4.79 Å². The molecule has 0 aromatic carbocycles. The van der Waals surface area contributed by atoms with Gasteiger partial charge in [0.15, 0.2) is 0 Å². The first-order chi connectivity index (χ1) is 3.73. The summed E-state index contributed by atoms with van der Waals surface area (Å²) in [5.41, 5.74) is 0. The highest BCUT2D eigenvalue weighted by molar-refractivity contribution is 5.62. The number of hydrogen-bond donors (Lipinski definition) is 1. The molecule has 0 amide bonds. The zero-order chi connectivity index (χ0) is 8.08. The van der Waals surface area contributed by atoms with E-state index in [1.54, 1.807) is 0 Å². The van der Waals surface area contributed by atoms with Gasteiger partial charge in [0.25, 0.3) is 5.97 Å². The van der Waals surface area contributed by atoms with Crippen LogP contribution in [0.3, 0.4) is 0 Å². The number of halogens is 3. The molecule has 2 nitrogen and oxygen atoms in total. The van der Waals surface area contributed by atoms with E-state index in [0.717, 1.165) is 6.92 Å². The molecule has 1 N–H and O–H groups in total. The lowest BCUT2D eigenvalue weighted by Gasteiger charge is -1.88. The Bertz CT molecular complexity index is 76.3. The Morgan fingerprint density at radius 1 is 1.44 bits per heavy atom. The van der Waals surface area contributed by atoms with Crippen molar-refractivity contribution >= 4 is 5.97 Å². The molecule has 0 saturated heterocycles. The van der Waals surface area contributed by atoms with Gasteiger partial charge in [-0.2, -0.15) is 13.2 Å². The smallest absolute Gasteiger partial charge is 0.386 e. The van der Waals surface area contributed by atoms with Crippen molar-refractivity contribution in [3.63, 3.8) is 0 Å². The molecule has 0 unspecified atom stereocenters. The third-order valence-electron chi connectivity index (χ3n) is 0. The molecule has 0 aliphatic rings. The fourth-order valence-electron chi connectivity index (χ4n) is 0. The molecule has 9 heavy (non-hydrogen) atoms. The van der Waals surface area contributed by atoms with E-state index in [4.69, 9.17) is 9.90 Å². The summed E-state index contributed by atoms with van der Waals surface area (Å²) in [5, 5.41) is 7.42. The van der Waals surface area contributed by atoms with Gasteiger partial charge in [-0.05, 0) is 0 Å². The fourth-order valence-corrected chi connectivity index (χ4v) is 0. The second-order valence-electron chi connectivity index (χ2n) is 1.30. The van der Waals surface area contributed by atoms with Crippen LogP contribution < -0.4 is 0 Å². The summed E-state index contributed by atoms with van der Waals surface area (Å²) in [6.45, 7) is 1.27. The number of hydrogen-bond acceptors (Lipinski definition) is 1. The maximum Gasteiger partial charge on any atom is 0.386 e. The van der Waals surface area contributed by atoms with E-state index in [1.807, 2.05) is 0 Å². The topological polar surface area (TPSA) is 37.3 Å². The van der Waals surface area contributed by atoms with Crippen molar-refractivity contribution in [1.29, 1.82) is 0 Å². The van der Waals surface area contributed by atoms with Crippen molar-refractivity contribution in [2.45, 2.75) is 20.0 Å². The molecule has 56 valence electrons. The van der Waals surface area contributed by atoms with Crippen LogP contribution in [-0.4, -0.2) is 17.3 Å². The number of alkyl halides is 3. The highest BCUT2D eigenvalue weighted by atomic mass is 19.4. The van der Waals surface area contributed by atoms with Crippen LogP contribution in [0, 0.1) is 0 Å². The van der Waals surface area contributed by atoms with Gasteiger partial charge >= 0.3 is 6.18 Å². The summed E-state index contributed by atoms with van der Waals surface area (Å²) in [7, 11) is 0. The quantitative estimate of drug-likeness (QED) is 0.561. The standard InChI is InChI=1S/C2H3F3.C2H4O2/c1-2(3,4)5;1-2(3)4/h1H3;1H3,(H,3,4). The lowest BCUT2D eigenvalue weighted by atomic mass is 10.8. The van der Waals surface area contributed by atoms with Crippen LogP contribution in [0.2, 0.25) is 0 Å². The maximum absolute atomic E-state index is 10.4. The monoisotopic (exact) mass is 144 g/mol. The summed E-state index contributed by atoms with van der Waals surface area (Å²) in [5.74, 6) is -0.833. The lowest BCUT2D eigenvalue weighted by Crippen LogP contribution is -1.95. The molecule has 0 aliphatic heterocycles. The lowest BCUT2D eigenvalue weighted by molar-refractivity contribution is -0.134. The molecular weight excluding hydrogens is 137 g/mol. The molecule has 0 spiro atoms. The van der Waals surface area contributed by atoms with Gasteiger partial charge in [-0.1, -0.05) is 0 Å². The predicted octanol–water partition coefficient (Wildman–Crippen LogP) is 1.66. The normalized spacial score (nSPS) is 9.44. The van der Waals surface area contributed by atoms with Crippen molar-refractivity contribution in [2.24, 2.45) is 0 Å². The van der Waals surface area contributed by atoms with E-state index in [1.165, 1.54) is 0 Å². The van der Waals surface area contributed by atoms with Gasteiger partial charge in [-0.15, -0.1) is 0 Å². The largest absolute Gasteiger partial charge is 0.481 e. The molecule has 0 aromatic heterocycles. The van der Waals surface area contributed by atoms with Gasteiger partial charge in [0.1, 0.15) is 0 Å². The van der Waals surface area contributed by atoms with E-state index in [9.17, 15) is 13.2 Å². The summed E-state index contributed by atoms with van der Waals surface area (Å²) in [4.78, 5) is 9.00. The van der Waals surface area contributed by atoms with E-state index in [2.05, 4.69) is 0 Å². The molecule has 0 bridgehead atoms. The zero-order valence-corrected chi connectivity index (χ0v) is 4.99. The van der Waals surface area contributed by atoms with Crippen LogP contribution in [0.4, 0.5) is 13.2 Å². The van der Waals surface area contributed by atoms with Gasteiger partial charge in [0.2, 0.25) is 0 Å². The van der Waals surface area contributed by atoms with Gasteiger partial charge in [-0.25, -0.2) is 0 Å². The second kappa shape index (κ2) is 4.17. The average Bonchev–Trinajstić information content (AvgIpc) is 1.19. The Kier molecular flexibility index (Phi) is 5.15. The van der Waals surface area contributed by atoms with Crippen LogP contribution in [-0.2, 0) is 4.79 Å². The summed E-state index contributed by atoms with van der Waals surface area (Å²) in [6, 6.07) is 0. The minimum Gasteiger partial charge on any atom is -0.481 e. The summed E-state index contributed by atoms with van der Waals surface area (Å²) >= 11 is 0. The minimum absolute atomic E-state index is 0.188. The number of carbonyl (C=O) groups is 1. The molecule has 0 fully saturated rings. The van der Waals surface area contributed by atoms with Crippen molar-refractivity contribution in [2.75, 3.05) is 0 Å². The van der Waals surface area contributed by atoms with Gasteiger partial charge in [0.05, 0.1) is 0 Å². The van der Waals surface area contributed by atoms with Crippen molar-refractivity contribution in [3.05, 3.63) is 0 Å². The molecule has 0 saturated carbocycles. The minimum atomic E-state index is -4.00. The third kappa shape index (κ3) is 367. The predicted molar refractivity (Wildman–Crippen MR) is 25.0 cm³/mol. The molecule has 0 aromatic rings. The average molecular weight is 144 g/mol. The number of aliphatic carboxylic acids is 1. The SMILES string of the molecule is CC(=O)O.CC(F)(F)F. The summed E-state index contributed by atoms with van der Waals surface area (Å²) < 4.78 is 31.1. The molecule has 5 heteroatoms. The van der Waals surface area contributed by atoms with Crippen molar-refractivity contribution < 1.29 is 23.1 Å². The van der Waals surface area contributed by atoms with Gasteiger partial charge in [0, 0.05) is 13.8 Å². The highest BCUT2D eigenvalue weighted by Gasteiger charge is 2.15. The summed E-state index contributed by atoms with van der Waals surface area (Å²) in [6.07, 6.45) is -4.00. The fraction of sp³-hybridized carbons (Fsp3) is 0.750. The Morgan fingerprint density at radius 3 is 1.44 bits per heavy atom. The van der Waals surface area contributed by atoms with E-state index in [0.29, 0.717) is 0 Å². The van der Waals surface area contributed by atoms with Crippen LogP contribution >= 0.6 is 0 Å². The first-order valence-corrected chi connectivity index (χ1v) is 1.99. The first-order valence-electron chi connectivity index (χ1n) is 1.99. The molecule has 0 aliphatic carbocycles. The highest BCUT2D eigenvalue weighted by Crippen LogP contribution is 2.10. The molecular formula is C4H7F3O2. The van der Waals surface area contributed by atoms with E-state index >= 15 is 0 Å². The van der Waals surface area contributed by atoms with Crippen LogP contribution in [0.15, 0.2) is 0 Å².